The third kappa shape index (κ3) is 5.76. The molecule has 1 amide bonds. The van der Waals surface area contributed by atoms with Crippen LogP contribution in [0.15, 0.2) is 48.5 Å². The highest BCUT2D eigenvalue weighted by Crippen LogP contribution is 2.18. The fourth-order valence-electron chi connectivity index (χ4n) is 2.11. The zero-order valence-corrected chi connectivity index (χ0v) is 13.9. The Morgan fingerprint density at radius 3 is 2.42 bits per heavy atom. The van der Waals surface area contributed by atoms with Gasteiger partial charge >= 0.3 is 5.97 Å². The summed E-state index contributed by atoms with van der Waals surface area (Å²) in [5, 5.41) is 2.65. The van der Waals surface area contributed by atoms with Crippen LogP contribution in [0.2, 0.25) is 0 Å². The SMILES string of the molecule is CC(=O)Nc1ccc(OC(=O)CCCOc2ccccc2C)cc1. The summed E-state index contributed by atoms with van der Waals surface area (Å²) in [6.45, 7) is 3.88. The standard InChI is InChI=1S/C19H21NO4/c1-14-6-3-4-7-18(14)23-13-5-8-19(22)24-17-11-9-16(10-12-17)20-15(2)21/h3-4,6-7,9-12H,5,8,13H2,1-2H3,(H,20,21). The van der Waals surface area contributed by atoms with E-state index >= 15 is 0 Å². The van der Waals surface area contributed by atoms with Crippen LogP contribution in [0.5, 0.6) is 11.5 Å². The fraction of sp³-hybridized carbons (Fsp3) is 0.263. The summed E-state index contributed by atoms with van der Waals surface area (Å²) in [7, 11) is 0. The first-order valence-electron chi connectivity index (χ1n) is 7.81. The van der Waals surface area contributed by atoms with Crippen molar-refractivity contribution >= 4 is 17.6 Å². The number of nitrogens with one attached hydrogen (secondary N) is 1. The molecule has 0 aromatic heterocycles. The van der Waals surface area contributed by atoms with Gasteiger partial charge in [0.25, 0.3) is 0 Å². The Bertz CT molecular complexity index is 695. The molecule has 0 fully saturated rings. The van der Waals surface area contributed by atoms with Crippen LogP contribution in [0, 0.1) is 6.92 Å². The van der Waals surface area contributed by atoms with Crippen LogP contribution in [0.4, 0.5) is 5.69 Å². The maximum Gasteiger partial charge on any atom is 0.311 e. The van der Waals surface area contributed by atoms with Crippen LogP contribution in [-0.4, -0.2) is 18.5 Å². The van der Waals surface area contributed by atoms with E-state index in [1.54, 1.807) is 24.3 Å². The Hall–Kier alpha value is -2.82. The first kappa shape index (κ1) is 17.5. The second kappa shape index (κ2) is 8.72. The summed E-state index contributed by atoms with van der Waals surface area (Å²) >= 11 is 0. The molecular weight excluding hydrogens is 306 g/mol. The zero-order chi connectivity index (χ0) is 17.4. The van der Waals surface area contributed by atoms with Gasteiger partial charge in [-0.05, 0) is 49.2 Å². The average Bonchev–Trinajstić information content (AvgIpc) is 2.54. The van der Waals surface area contributed by atoms with Crippen LogP contribution in [0.3, 0.4) is 0 Å². The molecule has 0 aliphatic rings. The van der Waals surface area contributed by atoms with Gasteiger partial charge in [0.15, 0.2) is 0 Å². The van der Waals surface area contributed by atoms with Gasteiger partial charge < -0.3 is 14.8 Å². The second-order valence-electron chi connectivity index (χ2n) is 5.40. The van der Waals surface area contributed by atoms with E-state index in [-0.39, 0.29) is 18.3 Å². The predicted octanol–water partition coefficient (Wildman–Crippen LogP) is 3.72. The predicted molar refractivity (Wildman–Crippen MR) is 92.3 cm³/mol. The van der Waals surface area contributed by atoms with Crippen molar-refractivity contribution in [3.63, 3.8) is 0 Å². The molecule has 0 atom stereocenters. The molecule has 0 saturated carbocycles. The topological polar surface area (TPSA) is 64.6 Å². The van der Waals surface area contributed by atoms with Crippen molar-refractivity contribution in [3.8, 4) is 11.5 Å². The summed E-state index contributed by atoms with van der Waals surface area (Å²) in [6.07, 6.45) is 0.858. The lowest BCUT2D eigenvalue weighted by molar-refractivity contribution is -0.134. The fourth-order valence-corrected chi connectivity index (χ4v) is 2.11. The van der Waals surface area contributed by atoms with Gasteiger partial charge in [0.2, 0.25) is 5.91 Å². The number of para-hydroxylation sites is 1. The molecule has 0 spiro atoms. The molecule has 2 aromatic rings. The summed E-state index contributed by atoms with van der Waals surface area (Å²) in [5.74, 6) is 0.831. The molecule has 0 radical (unpaired) electrons. The number of esters is 1. The van der Waals surface area contributed by atoms with E-state index < -0.39 is 0 Å². The van der Waals surface area contributed by atoms with E-state index in [0.29, 0.717) is 24.5 Å². The number of aryl methyl sites for hydroxylation is 1. The van der Waals surface area contributed by atoms with Gasteiger partial charge in [-0.25, -0.2) is 0 Å². The van der Waals surface area contributed by atoms with Crippen LogP contribution < -0.4 is 14.8 Å². The minimum absolute atomic E-state index is 0.145. The molecule has 24 heavy (non-hydrogen) atoms. The van der Waals surface area contributed by atoms with Crippen molar-refractivity contribution in [1.29, 1.82) is 0 Å². The van der Waals surface area contributed by atoms with Crippen molar-refractivity contribution in [3.05, 3.63) is 54.1 Å². The number of hydrogen-bond donors (Lipinski definition) is 1. The quantitative estimate of drug-likeness (QED) is 0.478. The van der Waals surface area contributed by atoms with Crippen molar-refractivity contribution in [2.45, 2.75) is 26.7 Å². The largest absolute Gasteiger partial charge is 0.493 e. The lowest BCUT2D eigenvalue weighted by Crippen LogP contribution is -2.10. The number of amides is 1. The average molecular weight is 327 g/mol. The second-order valence-corrected chi connectivity index (χ2v) is 5.40. The number of hydrogen-bond acceptors (Lipinski definition) is 4. The van der Waals surface area contributed by atoms with Gasteiger partial charge in [0, 0.05) is 19.0 Å². The molecule has 1 N–H and O–H groups in total. The van der Waals surface area contributed by atoms with E-state index in [1.165, 1.54) is 6.92 Å². The molecule has 2 aromatic carbocycles. The number of ether oxygens (including phenoxy) is 2. The number of anilines is 1. The smallest absolute Gasteiger partial charge is 0.311 e. The number of benzene rings is 2. The van der Waals surface area contributed by atoms with E-state index in [1.807, 2.05) is 31.2 Å². The third-order valence-corrected chi connectivity index (χ3v) is 3.28. The highest BCUT2D eigenvalue weighted by molar-refractivity contribution is 5.88. The summed E-state index contributed by atoms with van der Waals surface area (Å²) in [4.78, 5) is 22.7. The van der Waals surface area contributed by atoms with Crippen LogP contribution in [0.1, 0.15) is 25.3 Å². The molecule has 126 valence electrons. The number of carbonyl (C=O) groups is 2. The van der Waals surface area contributed by atoms with Gasteiger partial charge in [-0.15, -0.1) is 0 Å². The molecule has 0 bridgehead atoms. The van der Waals surface area contributed by atoms with Crippen LogP contribution in [0.25, 0.3) is 0 Å². The minimum atomic E-state index is -0.310. The summed E-state index contributed by atoms with van der Waals surface area (Å²) in [5.41, 5.74) is 1.73. The van der Waals surface area contributed by atoms with E-state index in [2.05, 4.69) is 5.32 Å². The van der Waals surface area contributed by atoms with Gasteiger partial charge in [0.1, 0.15) is 11.5 Å². The third-order valence-electron chi connectivity index (χ3n) is 3.28. The van der Waals surface area contributed by atoms with Gasteiger partial charge in [-0.3, -0.25) is 9.59 Å². The molecule has 0 unspecified atom stereocenters. The summed E-state index contributed by atoms with van der Waals surface area (Å²) < 4.78 is 10.9. The van der Waals surface area contributed by atoms with Crippen LogP contribution in [-0.2, 0) is 9.59 Å². The monoisotopic (exact) mass is 327 g/mol. The van der Waals surface area contributed by atoms with Crippen molar-refractivity contribution in [1.82, 2.24) is 0 Å². The first-order chi connectivity index (χ1) is 11.5. The van der Waals surface area contributed by atoms with E-state index in [9.17, 15) is 9.59 Å². The van der Waals surface area contributed by atoms with E-state index in [0.717, 1.165) is 11.3 Å². The van der Waals surface area contributed by atoms with Gasteiger partial charge in [-0.1, -0.05) is 18.2 Å². The minimum Gasteiger partial charge on any atom is -0.493 e. The number of rotatable bonds is 7. The lowest BCUT2D eigenvalue weighted by atomic mass is 10.2. The van der Waals surface area contributed by atoms with Crippen LogP contribution >= 0.6 is 0 Å². The Morgan fingerprint density at radius 1 is 1.04 bits per heavy atom. The van der Waals surface area contributed by atoms with Crippen molar-refractivity contribution in [2.75, 3.05) is 11.9 Å². The molecule has 0 heterocycles. The molecule has 5 heteroatoms. The highest BCUT2D eigenvalue weighted by Gasteiger charge is 2.06. The molecule has 5 nitrogen and oxygen atoms in total. The number of carbonyl (C=O) groups excluding carboxylic acids is 2. The van der Waals surface area contributed by atoms with Gasteiger partial charge in [-0.2, -0.15) is 0 Å². The molecule has 0 aliphatic carbocycles. The molecule has 0 saturated heterocycles. The Kier molecular flexibility index (Phi) is 6.37. The lowest BCUT2D eigenvalue weighted by Gasteiger charge is -2.09. The molecule has 0 aliphatic heterocycles. The normalized spacial score (nSPS) is 10.1. The highest BCUT2D eigenvalue weighted by atomic mass is 16.5. The Morgan fingerprint density at radius 2 is 1.75 bits per heavy atom. The van der Waals surface area contributed by atoms with Crippen molar-refractivity contribution < 1.29 is 19.1 Å². The van der Waals surface area contributed by atoms with E-state index in [4.69, 9.17) is 9.47 Å². The zero-order valence-electron chi connectivity index (χ0n) is 13.9. The Balaban J connectivity index is 1.71. The maximum absolute atomic E-state index is 11.8. The first-order valence-corrected chi connectivity index (χ1v) is 7.81. The van der Waals surface area contributed by atoms with Crippen molar-refractivity contribution in [2.24, 2.45) is 0 Å². The maximum atomic E-state index is 11.8. The summed E-state index contributed by atoms with van der Waals surface area (Å²) in [6, 6.07) is 14.4. The van der Waals surface area contributed by atoms with Gasteiger partial charge in [0.05, 0.1) is 6.61 Å². The molecule has 2 rings (SSSR count). The Labute approximate surface area is 141 Å². The molecular formula is C19H21NO4.